The molecular weight excluding hydrogens is 264 g/mol. The number of nitrogens with zero attached hydrogens (tertiary/aromatic N) is 1. The van der Waals surface area contributed by atoms with Crippen molar-refractivity contribution in [1.29, 1.82) is 0 Å². The maximum atomic E-state index is 11.8. The number of hydrogen-bond acceptors (Lipinski definition) is 5. The lowest BCUT2D eigenvalue weighted by molar-refractivity contribution is -0.135. The fourth-order valence-electron chi connectivity index (χ4n) is 2.73. The summed E-state index contributed by atoms with van der Waals surface area (Å²) in [5.74, 6) is -0.156. The summed E-state index contributed by atoms with van der Waals surface area (Å²) in [7, 11) is 3.09. The Morgan fingerprint density at radius 1 is 1.45 bits per heavy atom. The predicted octanol–water partition coefficient (Wildman–Crippen LogP) is -0.845. The summed E-state index contributed by atoms with van der Waals surface area (Å²) in [6.45, 7) is 1.89. The summed E-state index contributed by atoms with van der Waals surface area (Å²) in [4.78, 5) is 24.7. The molecule has 0 aromatic heterocycles. The molecule has 0 aliphatic carbocycles. The van der Waals surface area contributed by atoms with Gasteiger partial charge in [-0.05, 0) is 6.42 Å². The lowest BCUT2D eigenvalue weighted by Gasteiger charge is -2.23. The molecule has 7 nitrogen and oxygen atoms in total. The number of carbonyl (C=O) groups is 2. The molecule has 2 atom stereocenters. The van der Waals surface area contributed by atoms with E-state index in [9.17, 15) is 9.59 Å². The molecule has 0 radical (unpaired) electrons. The second kappa shape index (κ2) is 6.51. The third kappa shape index (κ3) is 3.47. The first-order valence-corrected chi connectivity index (χ1v) is 6.81. The average molecular weight is 286 g/mol. The number of amides is 2. The van der Waals surface area contributed by atoms with Gasteiger partial charge in [-0.25, -0.2) is 0 Å². The molecule has 2 fully saturated rings. The largest absolute Gasteiger partial charge is 0.375 e. The molecule has 7 heteroatoms. The molecule has 2 aliphatic heterocycles. The topological polar surface area (TPSA) is 77.1 Å². The van der Waals surface area contributed by atoms with Crippen LogP contribution < -0.4 is 5.32 Å². The minimum atomic E-state index is -0.309. The first-order chi connectivity index (χ1) is 9.58. The van der Waals surface area contributed by atoms with Gasteiger partial charge in [0.2, 0.25) is 11.8 Å². The van der Waals surface area contributed by atoms with Crippen LogP contribution in [0.15, 0.2) is 0 Å². The van der Waals surface area contributed by atoms with Crippen LogP contribution in [0.5, 0.6) is 0 Å². The Hall–Kier alpha value is -1.18. The summed E-state index contributed by atoms with van der Waals surface area (Å²) in [6.07, 6.45) is 1.45. The number of ether oxygens (including phenoxy) is 3. The monoisotopic (exact) mass is 286 g/mol. The van der Waals surface area contributed by atoms with Gasteiger partial charge in [-0.3, -0.25) is 9.59 Å². The number of hydrogen-bond donors (Lipinski definition) is 1. The van der Waals surface area contributed by atoms with Crippen LogP contribution in [0.25, 0.3) is 0 Å². The van der Waals surface area contributed by atoms with Crippen LogP contribution in [0.1, 0.15) is 12.8 Å². The van der Waals surface area contributed by atoms with Gasteiger partial charge in [0.25, 0.3) is 0 Å². The van der Waals surface area contributed by atoms with E-state index in [0.29, 0.717) is 19.7 Å². The number of likely N-dealkylation sites (N-methyl/N-ethyl adjacent to an activating group) is 1. The highest BCUT2D eigenvalue weighted by atomic mass is 16.6. The molecule has 2 amide bonds. The number of likely N-dealkylation sites (tertiary alicyclic amines) is 1. The normalized spacial score (nSPS) is 29.1. The third-order valence-corrected chi connectivity index (χ3v) is 3.84. The van der Waals surface area contributed by atoms with Crippen molar-refractivity contribution in [1.82, 2.24) is 10.2 Å². The SMILES string of the molecule is CNC(=O)CO[C@@H]1CO[C@@]2(CCN(C(=O)COC)C2)C1. The van der Waals surface area contributed by atoms with Gasteiger partial charge in [-0.2, -0.15) is 0 Å². The van der Waals surface area contributed by atoms with E-state index in [0.717, 1.165) is 12.8 Å². The van der Waals surface area contributed by atoms with Gasteiger partial charge in [0.1, 0.15) is 13.2 Å². The second-order valence-corrected chi connectivity index (χ2v) is 5.30. The highest BCUT2D eigenvalue weighted by Gasteiger charge is 2.47. The van der Waals surface area contributed by atoms with Crippen molar-refractivity contribution >= 4 is 11.8 Å². The van der Waals surface area contributed by atoms with Gasteiger partial charge < -0.3 is 24.4 Å². The second-order valence-electron chi connectivity index (χ2n) is 5.30. The summed E-state index contributed by atoms with van der Waals surface area (Å²) in [5, 5.41) is 2.51. The van der Waals surface area contributed by atoms with Crippen molar-refractivity contribution in [2.45, 2.75) is 24.5 Å². The van der Waals surface area contributed by atoms with Crippen LogP contribution >= 0.6 is 0 Å². The van der Waals surface area contributed by atoms with E-state index in [1.165, 1.54) is 7.11 Å². The number of nitrogens with one attached hydrogen (secondary N) is 1. The molecule has 2 saturated heterocycles. The van der Waals surface area contributed by atoms with Gasteiger partial charge in [0.05, 0.1) is 18.3 Å². The minimum Gasteiger partial charge on any atom is -0.375 e. The highest BCUT2D eigenvalue weighted by molar-refractivity contribution is 5.78. The van der Waals surface area contributed by atoms with Crippen molar-refractivity contribution < 1.29 is 23.8 Å². The molecule has 1 spiro atoms. The molecule has 0 bridgehead atoms. The maximum Gasteiger partial charge on any atom is 0.248 e. The molecule has 0 unspecified atom stereocenters. The van der Waals surface area contributed by atoms with Gasteiger partial charge in [-0.1, -0.05) is 0 Å². The Morgan fingerprint density at radius 3 is 2.95 bits per heavy atom. The van der Waals surface area contributed by atoms with Gasteiger partial charge in [0.15, 0.2) is 0 Å². The molecule has 2 aliphatic rings. The molecule has 2 heterocycles. The van der Waals surface area contributed by atoms with E-state index in [2.05, 4.69) is 5.32 Å². The Bertz CT molecular complexity index is 376. The van der Waals surface area contributed by atoms with Crippen molar-refractivity contribution in [3.8, 4) is 0 Å². The van der Waals surface area contributed by atoms with Crippen molar-refractivity contribution in [2.24, 2.45) is 0 Å². The molecule has 1 N–H and O–H groups in total. The maximum absolute atomic E-state index is 11.8. The molecule has 114 valence electrons. The molecular formula is C13H22N2O5. The third-order valence-electron chi connectivity index (χ3n) is 3.84. The zero-order valence-corrected chi connectivity index (χ0v) is 12.0. The van der Waals surface area contributed by atoms with Gasteiger partial charge in [0, 0.05) is 33.7 Å². The molecule has 20 heavy (non-hydrogen) atoms. The summed E-state index contributed by atoms with van der Waals surface area (Å²) >= 11 is 0. The fraction of sp³-hybridized carbons (Fsp3) is 0.846. The Balaban J connectivity index is 1.80. The average Bonchev–Trinajstić information content (AvgIpc) is 3.04. The van der Waals surface area contributed by atoms with Gasteiger partial charge >= 0.3 is 0 Å². The van der Waals surface area contributed by atoms with Crippen LogP contribution in [0.3, 0.4) is 0 Å². The van der Waals surface area contributed by atoms with Crippen LogP contribution in [-0.2, 0) is 23.8 Å². The lowest BCUT2D eigenvalue weighted by Crippen LogP contribution is -2.37. The van der Waals surface area contributed by atoms with Crippen LogP contribution in [0, 0.1) is 0 Å². The molecule has 0 aromatic rings. The van der Waals surface area contributed by atoms with E-state index in [4.69, 9.17) is 14.2 Å². The van der Waals surface area contributed by atoms with E-state index in [-0.39, 0.29) is 36.7 Å². The molecule has 0 saturated carbocycles. The van der Waals surface area contributed by atoms with Crippen LogP contribution in [-0.4, -0.2) is 75.5 Å². The van der Waals surface area contributed by atoms with Crippen LogP contribution in [0.4, 0.5) is 0 Å². The van der Waals surface area contributed by atoms with E-state index < -0.39 is 0 Å². The lowest BCUT2D eigenvalue weighted by atomic mass is 9.98. The van der Waals surface area contributed by atoms with Crippen molar-refractivity contribution in [2.75, 3.05) is 47.1 Å². The number of carbonyl (C=O) groups excluding carboxylic acids is 2. The number of methoxy groups -OCH3 is 1. The minimum absolute atomic E-state index is 0.0114. The standard InChI is InChI=1S/C13H22N2O5/c1-14-11(16)7-19-10-5-13(20-6-10)3-4-15(9-13)12(17)8-18-2/h10H,3-9H2,1-2H3,(H,14,16)/t10-,13-/m0/s1. The first kappa shape index (κ1) is 15.2. The Kier molecular flexibility index (Phi) is 4.95. The van der Waals surface area contributed by atoms with Gasteiger partial charge in [-0.15, -0.1) is 0 Å². The molecule has 0 aromatic carbocycles. The first-order valence-electron chi connectivity index (χ1n) is 6.81. The Morgan fingerprint density at radius 2 is 2.25 bits per heavy atom. The smallest absolute Gasteiger partial charge is 0.248 e. The summed E-state index contributed by atoms with van der Waals surface area (Å²) in [5.41, 5.74) is -0.309. The van der Waals surface area contributed by atoms with Crippen molar-refractivity contribution in [3.05, 3.63) is 0 Å². The van der Waals surface area contributed by atoms with E-state index in [1.54, 1.807) is 11.9 Å². The van der Waals surface area contributed by atoms with E-state index >= 15 is 0 Å². The number of rotatable bonds is 5. The van der Waals surface area contributed by atoms with Crippen LogP contribution in [0.2, 0.25) is 0 Å². The zero-order valence-electron chi connectivity index (χ0n) is 12.0. The van der Waals surface area contributed by atoms with Crippen molar-refractivity contribution in [3.63, 3.8) is 0 Å². The highest BCUT2D eigenvalue weighted by Crippen LogP contribution is 2.36. The zero-order chi connectivity index (χ0) is 14.6. The summed E-state index contributed by atoms with van der Waals surface area (Å²) < 4.78 is 16.2. The predicted molar refractivity (Wildman–Crippen MR) is 70.2 cm³/mol. The quantitative estimate of drug-likeness (QED) is 0.713. The Labute approximate surface area is 118 Å². The summed E-state index contributed by atoms with van der Waals surface area (Å²) in [6, 6.07) is 0. The van der Waals surface area contributed by atoms with E-state index in [1.807, 2.05) is 0 Å². The fourth-order valence-corrected chi connectivity index (χ4v) is 2.73. The molecule has 2 rings (SSSR count).